The minimum absolute atomic E-state index is 0.389. The van der Waals surface area contributed by atoms with Crippen LogP contribution < -0.4 is 4.72 Å². The van der Waals surface area contributed by atoms with E-state index < -0.39 is 10.2 Å². The molecule has 0 atom stereocenters. The summed E-state index contributed by atoms with van der Waals surface area (Å²) >= 11 is 3.45. The summed E-state index contributed by atoms with van der Waals surface area (Å²) in [5.41, 5.74) is -0.389. The first-order chi connectivity index (χ1) is 8.97. The molecule has 0 amide bonds. The number of nitrogens with one attached hydrogen (secondary N) is 1. The van der Waals surface area contributed by atoms with Crippen LogP contribution in [0.15, 0.2) is 0 Å². The normalized spacial score (nSPS) is 26.4. The largest absolute Gasteiger partial charge is 0.381 e. The molecule has 5 nitrogen and oxygen atoms in total. The van der Waals surface area contributed by atoms with Gasteiger partial charge in [0.1, 0.15) is 0 Å². The van der Waals surface area contributed by atoms with Gasteiger partial charge in [0.05, 0.1) is 0 Å². The van der Waals surface area contributed by atoms with Crippen molar-refractivity contribution < 1.29 is 13.2 Å². The number of rotatable bonds is 4. The van der Waals surface area contributed by atoms with Gasteiger partial charge in [-0.05, 0) is 31.6 Å². The van der Waals surface area contributed by atoms with Crippen molar-refractivity contribution in [1.82, 2.24) is 9.03 Å². The molecule has 0 bridgehead atoms. The van der Waals surface area contributed by atoms with Crippen molar-refractivity contribution in [3.8, 4) is 0 Å². The second-order valence-corrected chi connectivity index (χ2v) is 7.95. The Kier molecular flexibility index (Phi) is 5.28. The third kappa shape index (κ3) is 3.91. The van der Waals surface area contributed by atoms with Crippen LogP contribution in [0.2, 0.25) is 0 Å². The first-order valence-corrected chi connectivity index (χ1v) is 9.46. The Balaban J connectivity index is 2.03. The van der Waals surface area contributed by atoms with Crippen molar-refractivity contribution in [2.24, 2.45) is 5.92 Å². The highest BCUT2D eigenvalue weighted by Gasteiger charge is 2.38. The van der Waals surface area contributed by atoms with E-state index in [1.54, 1.807) is 4.31 Å². The maximum absolute atomic E-state index is 12.5. The van der Waals surface area contributed by atoms with Crippen molar-refractivity contribution >= 4 is 26.1 Å². The second-order valence-electron chi connectivity index (χ2n) is 5.72. The zero-order valence-corrected chi connectivity index (χ0v) is 13.8. The number of ether oxygens (including phenoxy) is 1. The van der Waals surface area contributed by atoms with Crippen molar-refractivity contribution in [1.29, 1.82) is 0 Å². The molecule has 2 rings (SSSR count). The Bertz CT molecular complexity index is 388. The van der Waals surface area contributed by atoms with Crippen molar-refractivity contribution in [2.75, 3.05) is 31.6 Å². The van der Waals surface area contributed by atoms with Crippen LogP contribution >= 0.6 is 15.9 Å². The zero-order chi connectivity index (χ0) is 13.9. The molecule has 0 aliphatic carbocycles. The Hall–Kier alpha value is 0.310. The lowest BCUT2D eigenvalue weighted by atomic mass is 9.94. The fraction of sp³-hybridized carbons (Fsp3) is 1.00. The molecular formula is C12H23BrN2O3S. The molecule has 1 N–H and O–H groups in total. The molecule has 0 aromatic carbocycles. The number of halogens is 1. The summed E-state index contributed by atoms with van der Waals surface area (Å²) in [5, 5.41) is 0.632. The molecule has 2 aliphatic heterocycles. The van der Waals surface area contributed by atoms with Gasteiger partial charge >= 0.3 is 0 Å². The van der Waals surface area contributed by atoms with E-state index in [-0.39, 0.29) is 5.54 Å². The molecule has 0 aromatic heterocycles. The molecule has 0 spiro atoms. The molecule has 2 saturated heterocycles. The fourth-order valence-corrected chi connectivity index (χ4v) is 5.12. The van der Waals surface area contributed by atoms with Gasteiger partial charge in [0.25, 0.3) is 10.2 Å². The van der Waals surface area contributed by atoms with Gasteiger partial charge in [-0.1, -0.05) is 22.9 Å². The van der Waals surface area contributed by atoms with Gasteiger partial charge in [-0.2, -0.15) is 17.4 Å². The van der Waals surface area contributed by atoms with Crippen LogP contribution in [0.5, 0.6) is 0 Å². The van der Waals surface area contributed by atoms with Gasteiger partial charge in [-0.25, -0.2) is 0 Å². The molecule has 0 unspecified atom stereocenters. The van der Waals surface area contributed by atoms with E-state index in [0.29, 0.717) is 37.6 Å². The van der Waals surface area contributed by atoms with Gasteiger partial charge in [0.15, 0.2) is 0 Å². The molecule has 7 heteroatoms. The molecule has 0 radical (unpaired) electrons. The minimum atomic E-state index is -3.38. The van der Waals surface area contributed by atoms with Gasteiger partial charge < -0.3 is 4.74 Å². The number of hydrogen-bond donors (Lipinski definition) is 1. The van der Waals surface area contributed by atoms with E-state index in [1.807, 2.05) is 0 Å². The van der Waals surface area contributed by atoms with E-state index in [9.17, 15) is 8.42 Å². The van der Waals surface area contributed by atoms with Crippen molar-refractivity contribution in [3.05, 3.63) is 0 Å². The van der Waals surface area contributed by atoms with Gasteiger partial charge in [0.2, 0.25) is 0 Å². The summed E-state index contributed by atoms with van der Waals surface area (Å²) in [6, 6.07) is 0. The van der Waals surface area contributed by atoms with Crippen LogP contribution in [0.4, 0.5) is 0 Å². The van der Waals surface area contributed by atoms with Crippen LogP contribution in [0.3, 0.4) is 0 Å². The number of piperidine rings is 1. The Morgan fingerprint density at radius 1 is 1.32 bits per heavy atom. The Morgan fingerprint density at radius 3 is 2.42 bits per heavy atom. The van der Waals surface area contributed by atoms with Gasteiger partial charge in [-0.15, -0.1) is 0 Å². The molecule has 112 valence electrons. The molecule has 0 saturated carbocycles. The molecule has 0 aromatic rings. The first-order valence-electron chi connectivity index (χ1n) is 6.90. The summed E-state index contributed by atoms with van der Waals surface area (Å²) < 4.78 is 34.8. The van der Waals surface area contributed by atoms with E-state index in [4.69, 9.17) is 4.74 Å². The summed E-state index contributed by atoms with van der Waals surface area (Å²) in [6.45, 7) is 4.67. The molecule has 2 aliphatic rings. The smallest absolute Gasteiger partial charge is 0.279 e. The van der Waals surface area contributed by atoms with E-state index in [0.717, 1.165) is 25.7 Å². The predicted octanol–water partition coefficient (Wildman–Crippen LogP) is 1.50. The maximum Gasteiger partial charge on any atom is 0.279 e. The van der Waals surface area contributed by atoms with E-state index in [2.05, 4.69) is 27.6 Å². The summed E-state index contributed by atoms with van der Waals surface area (Å²) in [7, 11) is -3.38. The lowest BCUT2D eigenvalue weighted by molar-refractivity contribution is 0.0550. The third-order valence-electron chi connectivity index (χ3n) is 4.13. The highest BCUT2D eigenvalue weighted by molar-refractivity contribution is 9.09. The van der Waals surface area contributed by atoms with Crippen LogP contribution in [-0.4, -0.2) is 49.9 Å². The molecule has 2 heterocycles. The second kappa shape index (κ2) is 6.39. The highest BCUT2D eigenvalue weighted by atomic mass is 79.9. The standard InChI is InChI=1S/C12H23BrN2O3S/c1-11-2-6-15(7-3-11)19(16,17)14-12(10-13)4-8-18-9-5-12/h11,14H,2-10H2,1H3. The molecule has 2 fully saturated rings. The number of nitrogens with zero attached hydrogens (tertiary/aromatic N) is 1. The maximum atomic E-state index is 12.5. The third-order valence-corrected chi connectivity index (χ3v) is 6.94. The van der Waals surface area contributed by atoms with Crippen molar-refractivity contribution in [3.63, 3.8) is 0 Å². The van der Waals surface area contributed by atoms with Crippen molar-refractivity contribution in [2.45, 2.75) is 38.1 Å². The quantitative estimate of drug-likeness (QED) is 0.778. The average Bonchev–Trinajstić information content (AvgIpc) is 2.40. The zero-order valence-electron chi connectivity index (χ0n) is 11.4. The number of hydrogen-bond acceptors (Lipinski definition) is 3. The lowest BCUT2D eigenvalue weighted by Crippen LogP contribution is -2.57. The topological polar surface area (TPSA) is 58.6 Å². The highest BCUT2D eigenvalue weighted by Crippen LogP contribution is 2.26. The lowest BCUT2D eigenvalue weighted by Gasteiger charge is -2.39. The Morgan fingerprint density at radius 2 is 1.89 bits per heavy atom. The Labute approximate surface area is 124 Å². The van der Waals surface area contributed by atoms with Crippen LogP contribution in [0, 0.1) is 5.92 Å². The first kappa shape index (κ1) is 15.7. The fourth-order valence-electron chi connectivity index (χ4n) is 2.59. The number of alkyl halides is 1. The summed E-state index contributed by atoms with van der Waals surface area (Å²) in [4.78, 5) is 0. The summed E-state index contributed by atoms with van der Waals surface area (Å²) in [6.07, 6.45) is 3.35. The molecule has 19 heavy (non-hydrogen) atoms. The van der Waals surface area contributed by atoms with Crippen LogP contribution in [0.25, 0.3) is 0 Å². The SMILES string of the molecule is CC1CCN(S(=O)(=O)NC2(CBr)CCOCC2)CC1. The monoisotopic (exact) mass is 354 g/mol. The minimum Gasteiger partial charge on any atom is -0.381 e. The van der Waals surface area contributed by atoms with Crippen LogP contribution in [-0.2, 0) is 14.9 Å². The van der Waals surface area contributed by atoms with E-state index in [1.165, 1.54) is 0 Å². The van der Waals surface area contributed by atoms with Gasteiger partial charge in [0, 0.05) is 37.2 Å². The summed E-state index contributed by atoms with van der Waals surface area (Å²) in [5.74, 6) is 0.625. The van der Waals surface area contributed by atoms with E-state index >= 15 is 0 Å². The predicted molar refractivity (Wildman–Crippen MR) is 78.6 cm³/mol. The van der Waals surface area contributed by atoms with Crippen LogP contribution in [0.1, 0.15) is 32.6 Å². The average molecular weight is 355 g/mol. The molecular weight excluding hydrogens is 332 g/mol. The van der Waals surface area contributed by atoms with Gasteiger partial charge in [-0.3, -0.25) is 0 Å².